The van der Waals surface area contributed by atoms with Crippen LogP contribution in [-0.4, -0.2) is 13.7 Å². The summed E-state index contributed by atoms with van der Waals surface area (Å²) in [7, 11) is 1.68. The molecule has 0 aliphatic carbocycles. The lowest BCUT2D eigenvalue weighted by Gasteiger charge is -2.11. The number of hydrogen-bond acceptors (Lipinski definition) is 3. The third kappa shape index (κ3) is 4.28. The van der Waals surface area contributed by atoms with E-state index in [1.54, 1.807) is 13.2 Å². The Morgan fingerprint density at radius 1 is 1.10 bits per heavy atom. The van der Waals surface area contributed by atoms with Gasteiger partial charge in [-0.05, 0) is 48.4 Å². The zero-order valence-electron chi connectivity index (χ0n) is 12.6. The van der Waals surface area contributed by atoms with Crippen LogP contribution in [-0.2, 0) is 6.54 Å². The van der Waals surface area contributed by atoms with Crippen LogP contribution in [0, 0.1) is 6.92 Å². The summed E-state index contributed by atoms with van der Waals surface area (Å²) in [5.41, 5.74) is 3.49. The van der Waals surface area contributed by atoms with E-state index in [2.05, 4.69) is 31.0 Å². The third-order valence-corrected chi connectivity index (χ3v) is 3.21. The maximum atomic E-state index is 5.47. The van der Waals surface area contributed by atoms with Crippen molar-refractivity contribution in [1.82, 2.24) is 0 Å². The summed E-state index contributed by atoms with van der Waals surface area (Å²) in [6, 6.07) is 14.1. The summed E-state index contributed by atoms with van der Waals surface area (Å²) < 4.78 is 10.7. The van der Waals surface area contributed by atoms with Crippen molar-refractivity contribution in [2.45, 2.75) is 13.5 Å². The fourth-order valence-corrected chi connectivity index (χ4v) is 2.02. The van der Waals surface area contributed by atoms with Crippen molar-refractivity contribution in [3.63, 3.8) is 0 Å². The van der Waals surface area contributed by atoms with Gasteiger partial charge in [0.25, 0.3) is 0 Å². The number of anilines is 1. The highest BCUT2D eigenvalue weighted by Crippen LogP contribution is 2.22. The predicted molar refractivity (Wildman–Crippen MR) is 87.2 cm³/mol. The monoisotopic (exact) mass is 283 g/mol. The predicted octanol–water partition coefficient (Wildman–Crippen LogP) is 4.18. The fraction of sp³-hybridized carbons (Fsp3) is 0.222. The molecule has 0 heterocycles. The Bertz CT molecular complexity index is 591. The SMILES string of the molecule is C=CCOc1ccc(CNc2ccc(OC)cc2C)cc1. The van der Waals surface area contributed by atoms with Gasteiger partial charge in [-0.25, -0.2) is 0 Å². The van der Waals surface area contributed by atoms with Crippen LogP contribution in [0.1, 0.15) is 11.1 Å². The van der Waals surface area contributed by atoms with E-state index < -0.39 is 0 Å². The number of rotatable bonds is 7. The third-order valence-electron chi connectivity index (χ3n) is 3.21. The first-order valence-electron chi connectivity index (χ1n) is 6.94. The molecule has 0 aliphatic rings. The zero-order valence-corrected chi connectivity index (χ0v) is 12.6. The molecule has 0 saturated heterocycles. The molecule has 0 aliphatic heterocycles. The van der Waals surface area contributed by atoms with Gasteiger partial charge < -0.3 is 14.8 Å². The summed E-state index contributed by atoms with van der Waals surface area (Å²) in [5.74, 6) is 1.74. The normalized spacial score (nSPS) is 10.0. The van der Waals surface area contributed by atoms with E-state index in [-0.39, 0.29) is 0 Å². The highest BCUT2D eigenvalue weighted by molar-refractivity contribution is 5.53. The molecule has 1 N–H and O–H groups in total. The topological polar surface area (TPSA) is 30.5 Å². The second-order valence-electron chi connectivity index (χ2n) is 4.78. The fourth-order valence-electron chi connectivity index (χ4n) is 2.02. The molecule has 0 fully saturated rings. The van der Waals surface area contributed by atoms with Crippen LogP contribution in [0.15, 0.2) is 55.1 Å². The molecule has 0 atom stereocenters. The van der Waals surface area contributed by atoms with Crippen LogP contribution in [0.4, 0.5) is 5.69 Å². The highest BCUT2D eigenvalue weighted by atomic mass is 16.5. The highest BCUT2D eigenvalue weighted by Gasteiger charge is 2.01. The van der Waals surface area contributed by atoms with Crippen molar-refractivity contribution >= 4 is 5.69 Å². The molecule has 0 amide bonds. The molecule has 0 unspecified atom stereocenters. The Kier molecular flexibility index (Phi) is 5.27. The number of benzene rings is 2. The van der Waals surface area contributed by atoms with Gasteiger partial charge in [0, 0.05) is 12.2 Å². The average Bonchev–Trinajstić information content (AvgIpc) is 2.52. The zero-order chi connectivity index (χ0) is 15.1. The van der Waals surface area contributed by atoms with Crippen LogP contribution in [0.25, 0.3) is 0 Å². The van der Waals surface area contributed by atoms with E-state index >= 15 is 0 Å². The van der Waals surface area contributed by atoms with Crippen molar-refractivity contribution in [2.75, 3.05) is 19.0 Å². The summed E-state index contributed by atoms with van der Waals surface area (Å²) in [4.78, 5) is 0. The molecule has 0 radical (unpaired) electrons. The molecule has 110 valence electrons. The van der Waals surface area contributed by atoms with Gasteiger partial charge in [-0.1, -0.05) is 24.8 Å². The molecule has 0 spiro atoms. The van der Waals surface area contributed by atoms with Crippen molar-refractivity contribution in [3.8, 4) is 11.5 Å². The molecule has 0 saturated carbocycles. The van der Waals surface area contributed by atoms with Crippen LogP contribution in [0.3, 0.4) is 0 Å². The van der Waals surface area contributed by atoms with Crippen molar-refractivity contribution in [1.29, 1.82) is 0 Å². The van der Waals surface area contributed by atoms with Crippen molar-refractivity contribution in [3.05, 3.63) is 66.2 Å². The summed E-state index contributed by atoms with van der Waals surface area (Å²) in [5, 5.41) is 3.43. The molecule has 2 aromatic carbocycles. The quantitative estimate of drug-likeness (QED) is 0.773. The molecular formula is C18H21NO2. The minimum atomic E-state index is 0.530. The summed E-state index contributed by atoms with van der Waals surface area (Å²) in [6.45, 7) is 7.00. The van der Waals surface area contributed by atoms with E-state index in [0.29, 0.717) is 6.61 Å². The number of nitrogens with one attached hydrogen (secondary N) is 1. The largest absolute Gasteiger partial charge is 0.497 e. The average molecular weight is 283 g/mol. The maximum absolute atomic E-state index is 5.47. The Morgan fingerprint density at radius 2 is 1.81 bits per heavy atom. The minimum absolute atomic E-state index is 0.530. The first kappa shape index (κ1) is 15.0. The second-order valence-corrected chi connectivity index (χ2v) is 4.78. The minimum Gasteiger partial charge on any atom is -0.497 e. The summed E-state index contributed by atoms with van der Waals surface area (Å²) in [6.07, 6.45) is 1.74. The number of ether oxygens (including phenoxy) is 2. The van der Waals surface area contributed by atoms with E-state index in [4.69, 9.17) is 9.47 Å². The Labute approximate surface area is 126 Å². The molecule has 21 heavy (non-hydrogen) atoms. The number of hydrogen-bond donors (Lipinski definition) is 1. The van der Waals surface area contributed by atoms with Crippen LogP contribution < -0.4 is 14.8 Å². The van der Waals surface area contributed by atoms with Crippen LogP contribution in [0.5, 0.6) is 11.5 Å². The van der Waals surface area contributed by atoms with Gasteiger partial charge in [-0.15, -0.1) is 0 Å². The number of methoxy groups -OCH3 is 1. The van der Waals surface area contributed by atoms with E-state index in [1.165, 1.54) is 11.1 Å². The molecule has 2 rings (SSSR count). The van der Waals surface area contributed by atoms with Crippen molar-refractivity contribution in [2.24, 2.45) is 0 Å². The van der Waals surface area contributed by atoms with E-state index in [0.717, 1.165) is 23.7 Å². The lowest BCUT2D eigenvalue weighted by Crippen LogP contribution is -2.01. The van der Waals surface area contributed by atoms with Crippen molar-refractivity contribution < 1.29 is 9.47 Å². The lowest BCUT2D eigenvalue weighted by molar-refractivity contribution is 0.363. The summed E-state index contributed by atoms with van der Waals surface area (Å²) >= 11 is 0. The van der Waals surface area contributed by atoms with Gasteiger partial charge in [-0.2, -0.15) is 0 Å². The van der Waals surface area contributed by atoms with Gasteiger partial charge >= 0.3 is 0 Å². The number of aryl methyl sites for hydroxylation is 1. The standard InChI is InChI=1S/C18H21NO2/c1-4-11-21-16-7-5-15(6-8-16)13-19-18-10-9-17(20-3)12-14(18)2/h4-10,12,19H,1,11,13H2,2-3H3. The van der Waals surface area contributed by atoms with E-state index in [9.17, 15) is 0 Å². The lowest BCUT2D eigenvalue weighted by atomic mass is 10.1. The van der Waals surface area contributed by atoms with Gasteiger partial charge in [0.1, 0.15) is 18.1 Å². The molecule has 0 bridgehead atoms. The Morgan fingerprint density at radius 3 is 2.43 bits per heavy atom. The second kappa shape index (κ2) is 7.39. The Balaban J connectivity index is 1.95. The Hall–Kier alpha value is -2.42. The smallest absolute Gasteiger partial charge is 0.119 e. The molecular weight excluding hydrogens is 262 g/mol. The van der Waals surface area contributed by atoms with Gasteiger partial charge in [0.15, 0.2) is 0 Å². The van der Waals surface area contributed by atoms with Gasteiger partial charge in [0.2, 0.25) is 0 Å². The molecule has 2 aromatic rings. The van der Waals surface area contributed by atoms with E-state index in [1.807, 2.05) is 30.3 Å². The van der Waals surface area contributed by atoms with Gasteiger partial charge in [0.05, 0.1) is 7.11 Å². The molecule has 3 heteroatoms. The molecule has 3 nitrogen and oxygen atoms in total. The van der Waals surface area contributed by atoms with Gasteiger partial charge in [-0.3, -0.25) is 0 Å². The first-order chi connectivity index (χ1) is 10.2. The maximum Gasteiger partial charge on any atom is 0.119 e. The van der Waals surface area contributed by atoms with Crippen LogP contribution >= 0.6 is 0 Å². The first-order valence-corrected chi connectivity index (χ1v) is 6.94. The molecule has 0 aromatic heterocycles. The van der Waals surface area contributed by atoms with Crippen LogP contribution in [0.2, 0.25) is 0 Å².